The van der Waals surface area contributed by atoms with Crippen LogP contribution in [0, 0.1) is 0 Å². The summed E-state index contributed by atoms with van der Waals surface area (Å²) < 4.78 is 1.77. The summed E-state index contributed by atoms with van der Waals surface area (Å²) in [5.74, 6) is 1.67. The van der Waals surface area contributed by atoms with Crippen LogP contribution in [0.15, 0.2) is 18.5 Å². The first-order valence-electron chi connectivity index (χ1n) is 5.31. The molecular formula is C11H15N5. The maximum atomic E-state index is 5.69. The monoisotopic (exact) mass is 217 g/mol. The van der Waals surface area contributed by atoms with Gasteiger partial charge in [0.1, 0.15) is 0 Å². The third-order valence-electron chi connectivity index (χ3n) is 2.30. The summed E-state index contributed by atoms with van der Waals surface area (Å²) in [4.78, 5) is 8.52. The molecule has 0 saturated heterocycles. The first-order valence-corrected chi connectivity index (χ1v) is 5.31. The lowest BCUT2D eigenvalue weighted by atomic mass is 10.2. The van der Waals surface area contributed by atoms with E-state index in [0.29, 0.717) is 5.69 Å². The van der Waals surface area contributed by atoms with E-state index in [1.807, 2.05) is 13.1 Å². The Labute approximate surface area is 94.3 Å². The molecule has 2 aromatic rings. The van der Waals surface area contributed by atoms with Gasteiger partial charge in [0.25, 0.3) is 0 Å². The lowest BCUT2D eigenvalue weighted by Gasteiger charge is -1.99. The molecule has 0 amide bonds. The van der Waals surface area contributed by atoms with Crippen LogP contribution in [0.1, 0.15) is 19.2 Å². The van der Waals surface area contributed by atoms with Gasteiger partial charge in [-0.2, -0.15) is 5.10 Å². The SMILES string of the molecule is CCCc1nc(-c2cncc(N)c2)n(C)n1. The molecule has 84 valence electrons. The lowest BCUT2D eigenvalue weighted by molar-refractivity contribution is 0.737. The minimum atomic E-state index is 0.637. The number of nitrogens with zero attached hydrogens (tertiary/aromatic N) is 4. The van der Waals surface area contributed by atoms with Gasteiger partial charge in [-0.15, -0.1) is 0 Å². The first kappa shape index (κ1) is 10.6. The van der Waals surface area contributed by atoms with E-state index in [-0.39, 0.29) is 0 Å². The smallest absolute Gasteiger partial charge is 0.159 e. The fourth-order valence-corrected chi connectivity index (χ4v) is 1.60. The van der Waals surface area contributed by atoms with Gasteiger partial charge >= 0.3 is 0 Å². The van der Waals surface area contributed by atoms with Crippen LogP contribution in [0.4, 0.5) is 5.69 Å². The van der Waals surface area contributed by atoms with Crippen molar-refractivity contribution in [2.45, 2.75) is 19.8 Å². The largest absolute Gasteiger partial charge is 0.397 e. The normalized spacial score (nSPS) is 10.6. The summed E-state index contributed by atoms with van der Waals surface area (Å²) in [6.45, 7) is 2.11. The Morgan fingerprint density at radius 3 is 2.88 bits per heavy atom. The van der Waals surface area contributed by atoms with Gasteiger partial charge in [-0.25, -0.2) is 9.67 Å². The second-order valence-corrected chi connectivity index (χ2v) is 3.73. The maximum absolute atomic E-state index is 5.69. The zero-order valence-electron chi connectivity index (χ0n) is 9.51. The molecule has 0 saturated carbocycles. The molecule has 0 atom stereocenters. The Morgan fingerprint density at radius 1 is 1.38 bits per heavy atom. The molecule has 2 heterocycles. The van der Waals surface area contributed by atoms with E-state index in [0.717, 1.165) is 30.1 Å². The van der Waals surface area contributed by atoms with Crippen LogP contribution in [0.2, 0.25) is 0 Å². The van der Waals surface area contributed by atoms with Gasteiger partial charge in [-0.05, 0) is 12.5 Å². The molecule has 0 bridgehead atoms. The van der Waals surface area contributed by atoms with Crippen LogP contribution in [0.5, 0.6) is 0 Å². The lowest BCUT2D eigenvalue weighted by Crippen LogP contribution is -1.96. The summed E-state index contributed by atoms with van der Waals surface area (Å²) in [6, 6.07) is 1.85. The van der Waals surface area contributed by atoms with E-state index in [4.69, 9.17) is 5.73 Å². The molecule has 0 aromatic carbocycles. The summed E-state index contributed by atoms with van der Waals surface area (Å²) in [5, 5.41) is 4.34. The van der Waals surface area contributed by atoms with Crippen LogP contribution in [-0.4, -0.2) is 19.7 Å². The Kier molecular flexibility index (Phi) is 2.85. The van der Waals surface area contributed by atoms with Gasteiger partial charge in [-0.1, -0.05) is 6.92 Å². The molecule has 0 aliphatic heterocycles. The Morgan fingerprint density at radius 2 is 2.19 bits per heavy atom. The molecule has 0 aliphatic carbocycles. The summed E-state index contributed by atoms with van der Waals surface area (Å²) in [5.41, 5.74) is 7.23. The molecule has 2 rings (SSSR count). The van der Waals surface area contributed by atoms with Crippen molar-refractivity contribution in [3.8, 4) is 11.4 Å². The minimum Gasteiger partial charge on any atom is -0.397 e. The predicted molar refractivity (Wildman–Crippen MR) is 62.6 cm³/mol. The molecule has 0 fully saturated rings. The molecule has 2 aromatic heterocycles. The third-order valence-corrected chi connectivity index (χ3v) is 2.30. The van der Waals surface area contributed by atoms with Crippen LogP contribution in [0.25, 0.3) is 11.4 Å². The van der Waals surface area contributed by atoms with Crippen LogP contribution >= 0.6 is 0 Å². The van der Waals surface area contributed by atoms with E-state index >= 15 is 0 Å². The number of rotatable bonds is 3. The van der Waals surface area contributed by atoms with Crippen LogP contribution < -0.4 is 5.73 Å². The quantitative estimate of drug-likeness (QED) is 0.844. The predicted octanol–water partition coefficient (Wildman–Crippen LogP) is 1.41. The van der Waals surface area contributed by atoms with Crippen molar-refractivity contribution < 1.29 is 0 Å². The van der Waals surface area contributed by atoms with Crippen molar-refractivity contribution >= 4 is 5.69 Å². The molecule has 5 nitrogen and oxygen atoms in total. The van der Waals surface area contributed by atoms with E-state index in [1.54, 1.807) is 17.1 Å². The highest BCUT2D eigenvalue weighted by atomic mass is 15.3. The van der Waals surface area contributed by atoms with Gasteiger partial charge in [0.2, 0.25) is 0 Å². The number of hydrogen-bond donors (Lipinski definition) is 1. The molecule has 0 radical (unpaired) electrons. The fourth-order valence-electron chi connectivity index (χ4n) is 1.60. The number of aromatic nitrogens is 4. The van der Waals surface area contributed by atoms with Gasteiger partial charge in [0.15, 0.2) is 11.6 Å². The maximum Gasteiger partial charge on any atom is 0.159 e. The topological polar surface area (TPSA) is 69.6 Å². The second-order valence-electron chi connectivity index (χ2n) is 3.73. The van der Waals surface area contributed by atoms with Crippen molar-refractivity contribution in [1.29, 1.82) is 0 Å². The zero-order valence-corrected chi connectivity index (χ0v) is 9.51. The van der Waals surface area contributed by atoms with Crippen molar-refractivity contribution in [3.05, 3.63) is 24.3 Å². The van der Waals surface area contributed by atoms with Gasteiger partial charge in [-0.3, -0.25) is 4.98 Å². The van der Waals surface area contributed by atoms with Crippen molar-refractivity contribution in [1.82, 2.24) is 19.7 Å². The highest BCUT2D eigenvalue weighted by Crippen LogP contribution is 2.17. The summed E-state index contributed by atoms with van der Waals surface area (Å²) >= 11 is 0. The van der Waals surface area contributed by atoms with Crippen molar-refractivity contribution in [2.75, 3.05) is 5.73 Å². The van der Waals surface area contributed by atoms with Gasteiger partial charge < -0.3 is 5.73 Å². The minimum absolute atomic E-state index is 0.637. The van der Waals surface area contributed by atoms with Gasteiger partial charge in [0.05, 0.1) is 5.69 Å². The Balaban J connectivity index is 2.40. The summed E-state index contributed by atoms with van der Waals surface area (Å²) in [7, 11) is 1.88. The number of hydrogen-bond acceptors (Lipinski definition) is 4. The van der Waals surface area contributed by atoms with Crippen molar-refractivity contribution in [3.63, 3.8) is 0 Å². The number of pyridine rings is 1. The molecule has 5 heteroatoms. The van der Waals surface area contributed by atoms with E-state index in [9.17, 15) is 0 Å². The van der Waals surface area contributed by atoms with E-state index in [2.05, 4.69) is 22.0 Å². The number of nitrogen functional groups attached to an aromatic ring is 1. The number of anilines is 1. The molecule has 0 spiro atoms. The fraction of sp³-hybridized carbons (Fsp3) is 0.364. The Bertz CT molecular complexity index is 489. The number of nitrogens with two attached hydrogens (primary N) is 1. The molecule has 0 unspecified atom stereocenters. The second kappa shape index (κ2) is 4.30. The Hall–Kier alpha value is -1.91. The average Bonchev–Trinajstić information content (AvgIpc) is 2.60. The number of aryl methyl sites for hydroxylation is 2. The van der Waals surface area contributed by atoms with E-state index < -0.39 is 0 Å². The average molecular weight is 217 g/mol. The highest BCUT2D eigenvalue weighted by Gasteiger charge is 2.09. The van der Waals surface area contributed by atoms with Gasteiger partial charge in [0, 0.05) is 31.4 Å². The summed E-state index contributed by atoms with van der Waals surface area (Å²) in [6.07, 6.45) is 5.30. The molecular weight excluding hydrogens is 202 g/mol. The standard InChI is InChI=1S/C11H15N5/c1-3-4-10-14-11(16(2)15-10)8-5-9(12)7-13-6-8/h5-7H,3-4,12H2,1-2H3. The van der Waals surface area contributed by atoms with E-state index in [1.165, 1.54) is 0 Å². The van der Waals surface area contributed by atoms with Crippen LogP contribution in [0.3, 0.4) is 0 Å². The highest BCUT2D eigenvalue weighted by molar-refractivity contribution is 5.59. The third kappa shape index (κ3) is 2.03. The van der Waals surface area contributed by atoms with Crippen molar-refractivity contribution in [2.24, 2.45) is 7.05 Å². The molecule has 0 aliphatic rings. The molecule has 16 heavy (non-hydrogen) atoms. The molecule has 2 N–H and O–H groups in total. The zero-order chi connectivity index (χ0) is 11.5. The van der Waals surface area contributed by atoms with Crippen LogP contribution in [-0.2, 0) is 13.5 Å². The first-order chi connectivity index (χ1) is 7.70.